The van der Waals surface area contributed by atoms with Gasteiger partial charge < -0.3 is 10.4 Å². The van der Waals surface area contributed by atoms with Crippen LogP contribution in [0.4, 0.5) is 0 Å². The second-order valence-electron chi connectivity index (χ2n) is 6.16. The van der Waals surface area contributed by atoms with Crippen LogP contribution in [0.5, 0.6) is 0 Å². The van der Waals surface area contributed by atoms with Crippen LogP contribution >= 0.6 is 0 Å². The molecule has 0 saturated heterocycles. The summed E-state index contributed by atoms with van der Waals surface area (Å²) in [5.74, 6) is -1.28. The lowest BCUT2D eigenvalue weighted by Gasteiger charge is -2.22. The number of carboxylic acids is 1. The first-order valence-corrected chi connectivity index (χ1v) is 7.43. The monoisotopic (exact) mass is 315 g/mol. The van der Waals surface area contributed by atoms with Crippen molar-refractivity contribution in [2.24, 2.45) is 5.41 Å². The van der Waals surface area contributed by atoms with E-state index in [0.29, 0.717) is 0 Å². The summed E-state index contributed by atoms with van der Waals surface area (Å²) in [7, 11) is 0. The first-order chi connectivity index (χ1) is 10.8. The molecule has 2 aromatic rings. The van der Waals surface area contributed by atoms with Gasteiger partial charge in [0.1, 0.15) is 0 Å². The van der Waals surface area contributed by atoms with Gasteiger partial charge in [0.2, 0.25) is 5.91 Å². The highest BCUT2D eigenvalue weighted by atomic mass is 16.4. The van der Waals surface area contributed by atoms with Gasteiger partial charge in [0.05, 0.1) is 17.1 Å². The Morgan fingerprint density at radius 3 is 2.61 bits per heavy atom. The molecule has 6 heteroatoms. The quantitative estimate of drug-likeness (QED) is 0.858. The van der Waals surface area contributed by atoms with Gasteiger partial charge in [-0.05, 0) is 38.5 Å². The Morgan fingerprint density at radius 1 is 1.30 bits per heavy atom. The van der Waals surface area contributed by atoms with Crippen LogP contribution in [0.25, 0.3) is 5.69 Å². The fourth-order valence-electron chi connectivity index (χ4n) is 2.32. The lowest BCUT2D eigenvalue weighted by molar-refractivity contribution is -0.149. The van der Waals surface area contributed by atoms with Gasteiger partial charge in [0.15, 0.2) is 0 Å². The third kappa shape index (κ3) is 3.97. The number of nitrogens with one attached hydrogen (secondary N) is 1. The number of aliphatic carboxylic acids is 1. The molecule has 0 aliphatic carbocycles. The van der Waals surface area contributed by atoms with E-state index in [1.165, 1.54) is 13.8 Å². The van der Waals surface area contributed by atoms with Crippen LogP contribution < -0.4 is 5.32 Å². The molecule has 1 atom stereocenters. The number of para-hydroxylation sites is 1. The highest BCUT2D eigenvalue weighted by Crippen LogP contribution is 2.23. The predicted molar refractivity (Wildman–Crippen MR) is 86.2 cm³/mol. The summed E-state index contributed by atoms with van der Waals surface area (Å²) in [6.45, 7) is 4.95. The van der Waals surface area contributed by atoms with Gasteiger partial charge in [0.25, 0.3) is 0 Å². The summed E-state index contributed by atoms with van der Waals surface area (Å²) in [4.78, 5) is 23.3. The molecule has 6 nitrogen and oxygen atoms in total. The normalized spacial score (nSPS) is 12.7. The van der Waals surface area contributed by atoms with Crippen molar-refractivity contribution in [1.29, 1.82) is 0 Å². The summed E-state index contributed by atoms with van der Waals surface area (Å²) in [5, 5.41) is 16.2. The Balaban J connectivity index is 2.14. The highest BCUT2D eigenvalue weighted by molar-refractivity contribution is 5.84. The summed E-state index contributed by atoms with van der Waals surface area (Å²) in [6, 6.07) is 9.22. The number of nitrogens with zero attached hydrogens (tertiary/aromatic N) is 2. The summed E-state index contributed by atoms with van der Waals surface area (Å²) in [5.41, 5.74) is 0.700. The van der Waals surface area contributed by atoms with Gasteiger partial charge in [-0.15, -0.1) is 0 Å². The average molecular weight is 315 g/mol. The van der Waals surface area contributed by atoms with Crippen molar-refractivity contribution in [3.8, 4) is 5.69 Å². The maximum atomic E-state index is 12.1. The summed E-state index contributed by atoms with van der Waals surface area (Å²) >= 11 is 0. The van der Waals surface area contributed by atoms with E-state index in [9.17, 15) is 9.59 Å². The molecule has 0 saturated carbocycles. The van der Waals surface area contributed by atoms with Gasteiger partial charge in [-0.3, -0.25) is 9.59 Å². The van der Waals surface area contributed by atoms with Crippen molar-refractivity contribution in [1.82, 2.24) is 15.1 Å². The van der Waals surface area contributed by atoms with Crippen molar-refractivity contribution >= 4 is 11.9 Å². The number of carboxylic acid groups (broad SMARTS) is 1. The lowest BCUT2D eigenvalue weighted by Crippen LogP contribution is -2.34. The van der Waals surface area contributed by atoms with Crippen molar-refractivity contribution < 1.29 is 14.7 Å². The molecule has 1 aromatic heterocycles. The third-order valence-corrected chi connectivity index (χ3v) is 3.71. The minimum atomic E-state index is -1.09. The van der Waals surface area contributed by atoms with Gasteiger partial charge in [-0.2, -0.15) is 5.10 Å². The molecule has 23 heavy (non-hydrogen) atoms. The van der Waals surface area contributed by atoms with E-state index < -0.39 is 11.4 Å². The molecule has 2 N–H and O–H groups in total. The first kappa shape index (κ1) is 16.7. The summed E-state index contributed by atoms with van der Waals surface area (Å²) in [6.07, 6.45) is 3.45. The molecule has 1 amide bonds. The van der Waals surface area contributed by atoms with Crippen molar-refractivity contribution in [3.63, 3.8) is 0 Å². The van der Waals surface area contributed by atoms with Crippen LogP contribution in [0.15, 0.2) is 42.7 Å². The highest BCUT2D eigenvalue weighted by Gasteiger charge is 2.30. The van der Waals surface area contributed by atoms with Crippen LogP contribution in [0.3, 0.4) is 0 Å². The molecule has 122 valence electrons. The van der Waals surface area contributed by atoms with E-state index in [1.807, 2.05) is 43.5 Å². The minimum Gasteiger partial charge on any atom is -0.481 e. The van der Waals surface area contributed by atoms with Gasteiger partial charge in [0, 0.05) is 18.8 Å². The second kappa shape index (κ2) is 6.64. The van der Waals surface area contributed by atoms with Crippen molar-refractivity contribution in [2.75, 3.05) is 0 Å². The zero-order chi connectivity index (χ0) is 17.0. The topological polar surface area (TPSA) is 84.2 Å². The van der Waals surface area contributed by atoms with Gasteiger partial charge >= 0.3 is 5.97 Å². The molecule has 0 spiro atoms. The Hall–Kier alpha value is -2.63. The number of hydrogen-bond acceptors (Lipinski definition) is 3. The molecule has 1 heterocycles. The molecule has 0 aliphatic rings. The van der Waals surface area contributed by atoms with Gasteiger partial charge in [-0.1, -0.05) is 18.2 Å². The SMILES string of the molecule is CC(NC(=O)CC(C)(C)C(=O)O)c1ccccc1-n1cccn1. The fourth-order valence-corrected chi connectivity index (χ4v) is 2.32. The minimum absolute atomic E-state index is 0.0728. The van der Waals surface area contributed by atoms with E-state index in [0.717, 1.165) is 11.3 Å². The zero-order valence-electron chi connectivity index (χ0n) is 13.5. The van der Waals surface area contributed by atoms with E-state index in [4.69, 9.17) is 5.11 Å². The predicted octanol–water partition coefficient (Wildman–Crippen LogP) is 2.55. The van der Waals surface area contributed by atoms with E-state index in [1.54, 1.807) is 10.9 Å². The second-order valence-corrected chi connectivity index (χ2v) is 6.16. The van der Waals surface area contributed by atoms with Crippen molar-refractivity contribution in [3.05, 3.63) is 48.3 Å². The number of hydrogen-bond donors (Lipinski definition) is 2. The maximum absolute atomic E-state index is 12.1. The zero-order valence-corrected chi connectivity index (χ0v) is 13.5. The third-order valence-electron chi connectivity index (χ3n) is 3.71. The van der Waals surface area contributed by atoms with Crippen LogP contribution in [-0.4, -0.2) is 26.8 Å². The molecule has 1 unspecified atom stereocenters. The number of benzene rings is 1. The molecular weight excluding hydrogens is 294 g/mol. The fraction of sp³-hybridized carbons (Fsp3) is 0.353. The lowest BCUT2D eigenvalue weighted by atomic mass is 9.89. The Morgan fingerprint density at radius 2 is 2.00 bits per heavy atom. The molecule has 0 aliphatic heterocycles. The Bertz CT molecular complexity index is 693. The number of aromatic nitrogens is 2. The number of rotatable bonds is 6. The molecule has 0 bridgehead atoms. The van der Waals surface area contributed by atoms with E-state index >= 15 is 0 Å². The maximum Gasteiger partial charge on any atom is 0.309 e. The van der Waals surface area contributed by atoms with E-state index in [2.05, 4.69) is 10.4 Å². The Kier molecular flexibility index (Phi) is 4.83. The molecule has 2 rings (SSSR count). The smallest absolute Gasteiger partial charge is 0.309 e. The standard InChI is InChI=1S/C17H21N3O3/c1-12(19-15(21)11-17(2,3)16(22)23)13-7-4-5-8-14(13)20-10-6-9-18-20/h4-10,12H,11H2,1-3H3,(H,19,21)(H,22,23). The Labute approximate surface area is 135 Å². The average Bonchev–Trinajstić information content (AvgIpc) is 3.00. The largest absolute Gasteiger partial charge is 0.481 e. The number of carbonyl (C=O) groups is 2. The molecular formula is C17H21N3O3. The molecule has 1 aromatic carbocycles. The number of amides is 1. The molecule has 0 fully saturated rings. The van der Waals surface area contributed by atoms with E-state index in [-0.39, 0.29) is 18.4 Å². The number of carbonyl (C=O) groups excluding carboxylic acids is 1. The van der Waals surface area contributed by atoms with Crippen LogP contribution in [-0.2, 0) is 9.59 Å². The molecule has 0 radical (unpaired) electrons. The van der Waals surface area contributed by atoms with Crippen LogP contribution in [0, 0.1) is 5.41 Å². The van der Waals surface area contributed by atoms with Crippen LogP contribution in [0.2, 0.25) is 0 Å². The van der Waals surface area contributed by atoms with Crippen molar-refractivity contribution in [2.45, 2.75) is 33.2 Å². The summed E-state index contributed by atoms with van der Waals surface area (Å²) < 4.78 is 1.74. The first-order valence-electron chi connectivity index (χ1n) is 7.43. The van der Waals surface area contributed by atoms with Gasteiger partial charge in [-0.25, -0.2) is 4.68 Å². The van der Waals surface area contributed by atoms with Crippen LogP contribution in [0.1, 0.15) is 38.8 Å².